The van der Waals surface area contributed by atoms with Crippen molar-refractivity contribution < 1.29 is 4.39 Å². The lowest BCUT2D eigenvalue weighted by molar-refractivity contribution is 0.296. The molecule has 1 aromatic rings. The molecule has 1 nitrogen and oxygen atoms in total. The van der Waals surface area contributed by atoms with Crippen molar-refractivity contribution in [2.24, 2.45) is 11.8 Å². The van der Waals surface area contributed by atoms with Crippen molar-refractivity contribution in [1.29, 1.82) is 5.26 Å². The number of nitriles is 1. The maximum Gasteiger partial charge on any atom is 0.199 e. The van der Waals surface area contributed by atoms with E-state index in [1.165, 1.54) is 81.1 Å². The largest absolute Gasteiger partial charge is 0.199 e. The lowest BCUT2D eigenvalue weighted by atomic mass is 9.79. The maximum atomic E-state index is 12.7. The third kappa shape index (κ3) is 7.26. The minimum atomic E-state index is -0.717. The number of allylic oxidation sites excluding steroid dienone is 4. The maximum absolute atomic E-state index is 12.7. The van der Waals surface area contributed by atoms with Crippen LogP contribution in [0.15, 0.2) is 48.3 Å². The van der Waals surface area contributed by atoms with Crippen LogP contribution in [-0.2, 0) is 12.8 Å². The van der Waals surface area contributed by atoms with E-state index in [0.29, 0.717) is 5.92 Å². The molecule has 1 aromatic carbocycles. The zero-order valence-corrected chi connectivity index (χ0v) is 15.4. The second-order valence-corrected chi connectivity index (χ2v) is 7.25. The first kappa shape index (κ1) is 19.4. The van der Waals surface area contributed by atoms with Crippen LogP contribution in [0.1, 0.15) is 63.0 Å². The van der Waals surface area contributed by atoms with Crippen molar-refractivity contribution >= 4 is 0 Å². The number of hydrogen-bond acceptors (Lipinski definition) is 1. The van der Waals surface area contributed by atoms with Gasteiger partial charge in [0.2, 0.25) is 0 Å². The summed E-state index contributed by atoms with van der Waals surface area (Å²) >= 11 is 0. The molecule has 0 aliphatic heterocycles. The molecular weight excluding hydrogens is 309 g/mol. The zero-order chi connectivity index (χ0) is 17.9. The molecule has 1 aliphatic rings. The minimum absolute atomic E-state index is 0.539. The van der Waals surface area contributed by atoms with Crippen molar-refractivity contribution in [2.45, 2.75) is 64.7 Å². The number of hydrogen-bond donors (Lipinski definition) is 0. The molecule has 2 rings (SSSR count). The van der Waals surface area contributed by atoms with Gasteiger partial charge in [0.1, 0.15) is 6.07 Å². The van der Waals surface area contributed by atoms with E-state index >= 15 is 0 Å². The Kier molecular flexibility index (Phi) is 8.46. The van der Waals surface area contributed by atoms with Crippen LogP contribution in [0.5, 0.6) is 0 Å². The predicted molar refractivity (Wildman–Crippen MR) is 103 cm³/mol. The Balaban J connectivity index is 1.69. The van der Waals surface area contributed by atoms with Crippen molar-refractivity contribution in [2.75, 3.05) is 0 Å². The molecule has 0 N–H and O–H groups in total. The Hall–Kier alpha value is -1.88. The van der Waals surface area contributed by atoms with Gasteiger partial charge in [0, 0.05) is 0 Å². The van der Waals surface area contributed by atoms with E-state index in [9.17, 15) is 4.39 Å². The summed E-state index contributed by atoms with van der Waals surface area (Å²) in [5.74, 6) is 0.637. The molecule has 1 saturated carbocycles. The van der Waals surface area contributed by atoms with Crippen molar-refractivity contribution in [3.8, 4) is 6.07 Å². The molecule has 0 unspecified atom stereocenters. The summed E-state index contributed by atoms with van der Waals surface area (Å²) in [6.07, 6.45) is 16.1. The number of halogens is 1. The topological polar surface area (TPSA) is 23.8 Å². The van der Waals surface area contributed by atoms with E-state index in [0.717, 1.165) is 5.92 Å². The van der Waals surface area contributed by atoms with Crippen molar-refractivity contribution in [3.05, 3.63) is 59.4 Å². The van der Waals surface area contributed by atoms with Crippen LogP contribution in [0, 0.1) is 23.2 Å². The fourth-order valence-electron chi connectivity index (χ4n) is 3.63. The summed E-state index contributed by atoms with van der Waals surface area (Å²) in [7, 11) is 0. The molecule has 0 aromatic heterocycles. The number of aryl methyl sites for hydroxylation is 2. The molecular formula is C23H30FN. The van der Waals surface area contributed by atoms with Gasteiger partial charge in [-0.1, -0.05) is 49.8 Å². The van der Waals surface area contributed by atoms with Crippen LogP contribution in [0.2, 0.25) is 0 Å². The fourth-order valence-corrected chi connectivity index (χ4v) is 3.63. The Labute approximate surface area is 152 Å². The summed E-state index contributed by atoms with van der Waals surface area (Å²) in [4.78, 5) is 0. The van der Waals surface area contributed by atoms with Gasteiger partial charge in [-0.05, 0) is 80.4 Å². The third-order valence-corrected chi connectivity index (χ3v) is 5.31. The molecule has 0 bridgehead atoms. The number of rotatable bonds is 8. The highest BCUT2D eigenvalue weighted by molar-refractivity contribution is 5.23. The van der Waals surface area contributed by atoms with Crippen molar-refractivity contribution in [3.63, 3.8) is 0 Å². The van der Waals surface area contributed by atoms with Crippen LogP contribution in [0.4, 0.5) is 4.39 Å². The summed E-state index contributed by atoms with van der Waals surface area (Å²) in [6.45, 7) is 2.24. The Morgan fingerprint density at radius 2 is 1.76 bits per heavy atom. The van der Waals surface area contributed by atoms with Gasteiger partial charge < -0.3 is 0 Å². The Morgan fingerprint density at radius 3 is 2.36 bits per heavy atom. The van der Waals surface area contributed by atoms with Crippen LogP contribution in [0.25, 0.3) is 0 Å². The molecule has 134 valence electrons. The zero-order valence-electron chi connectivity index (χ0n) is 15.4. The molecule has 25 heavy (non-hydrogen) atoms. The summed E-state index contributed by atoms with van der Waals surface area (Å²) in [6, 6.07) is 10.7. The van der Waals surface area contributed by atoms with E-state index in [4.69, 9.17) is 5.26 Å². The lowest BCUT2D eigenvalue weighted by Gasteiger charge is -2.26. The minimum Gasteiger partial charge on any atom is -0.195 e. The highest BCUT2D eigenvalue weighted by Crippen LogP contribution is 2.32. The molecule has 0 amide bonds. The molecule has 0 radical (unpaired) electrons. The van der Waals surface area contributed by atoms with Gasteiger partial charge >= 0.3 is 0 Å². The number of nitrogens with zero attached hydrogens (tertiary/aromatic N) is 1. The fraction of sp³-hybridized carbons (Fsp3) is 0.522. The van der Waals surface area contributed by atoms with E-state index in [1.807, 2.05) is 0 Å². The SMILES string of the molecule is CCCCc1ccc(CC[C@H]2CC[C@H](C=CC=C(F)C#N)CC2)cc1. The summed E-state index contributed by atoms with van der Waals surface area (Å²) in [5.41, 5.74) is 2.92. The van der Waals surface area contributed by atoms with Crippen LogP contribution < -0.4 is 0 Å². The molecule has 0 saturated heterocycles. The second-order valence-electron chi connectivity index (χ2n) is 7.25. The molecule has 2 heteroatoms. The molecule has 1 fully saturated rings. The van der Waals surface area contributed by atoms with Gasteiger partial charge in [-0.25, -0.2) is 0 Å². The van der Waals surface area contributed by atoms with Gasteiger partial charge in [-0.15, -0.1) is 0 Å². The van der Waals surface area contributed by atoms with Crippen LogP contribution in [-0.4, -0.2) is 0 Å². The molecule has 1 aliphatic carbocycles. The highest BCUT2D eigenvalue weighted by atomic mass is 19.1. The average molecular weight is 339 g/mol. The monoisotopic (exact) mass is 339 g/mol. The van der Waals surface area contributed by atoms with Crippen LogP contribution >= 0.6 is 0 Å². The molecule has 0 atom stereocenters. The number of benzene rings is 1. The first-order chi connectivity index (χ1) is 12.2. The van der Waals surface area contributed by atoms with E-state index in [2.05, 4.69) is 37.3 Å². The predicted octanol–water partition coefficient (Wildman–Crippen LogP) is 6.70. The van der Waals surface area contributed by atoms with Crippen LogP contribution in [0.3, 0.4) is 0 Å². The smallest absolute Gasteiger partial charge is 0.195 e. The van der Waals surface area contributed by atoms with Gasteiger partial charge in [0.15, 0.2) is 5.83 Å². The van der Waals surface area contributed by atoms with E-state index in [1.54, 1.807) is 6.08 Å². The molecule has 0 spiro atoms. The average Bonchev–Trinajstić information content (AvgIpc) is 2.66. The lowest BCUT2D eigenvalue weighted by Crippen LogP contribution is -2.13. The van der Waals surface area contributed by atoms with Gasteiger partial charge in [0.05, 0.1) is 0 Å². The summed E-state index contributed by atoms with van der Waals surface area (Å²) < 4.78 is 12.7. The van der Waals surface area contributed by atoms with E-state index in [-0.39, 0.29) is 0 Å². The van der Waals surface area contributed by atoms with E-state index < -0.39 is 5.83 Å². The summed E-state index contributed by atoms with van der Waals surface area (Å²) in [5, 5.41) is 8.39. The Bertz CT molecular complexity index is 598. The normalized spacial score (nSPS) is 21.4. The second kappa shape index (κ2) is 10.9. The van der Waals surface area contributed by atoms with Crippen molar-refractivity contribution in [1.82, 2.24) is 0 Å². The first-order valence-electron chi connectivity index (χ1n) is 9.73. The van der Waals surface area contributed by atoms with Gasteiger partial charge in [-0.3, -0.25) is 0 Å². The van der Waals surface area contributed by atoms with Gasteiger partial charge in [0.25, 0.3) is 0 Å². The van der Waals surface area contributed by atoms with Gasteiger partial charge in [-0.2, -0.15) is 9.65 Å². The third-order valence-electron chi connectivity index (χ3n) is 5.31. The number of unbranched alkanes of at least 4 members (excludes halogenated alkanes) is 1. The highest BCUT2D eigenvalue weighted by Gasteiger charge is 2.19. The Morgan fingerprint density at radius 1 is 1.12 bits per heavy atom. The quantitative estimate of drug-likeness (QED) is 0.382. The standard InChI is InChI=1S/C23H30FN/c1-2-3-5-19-8-12-21(13-9-19)16-17-22-14-10-20(11-15-22)6-4-7-23(24)18-25/h4,6-9,12-13,20,22H,2-3,5,10-11,14-17H2,1H3/t20-,22-. The first-order valence-corrected chi connectivity index (χ1v) is 9.73. The molecule has 0 heterocycles.